The molecule has 1 heterocycles. The monoisotopic (exact) mass is 378 g/mol. The Balaban J connectivity index is 2.09. The number of carbonyl (C=O) groups excluding carboxylic acids is 2. The number of aromatic nitrogens is 1. The van der Waals surface area contributed by atoms with Crippen molar-refractivity contribution in [2.45, 2.75) is 39.2 Å². The lowest BCUT2D eigenvalue weighted by atomic mass is 10.0. The molecule has 0 aliphatic heterocycles. The van der Waals surface area contributed by atoms with Gasteiger partial charge in [0.05, 0.1) is 0 Å². The van der Waals surface area contributed by atoms with Gasteiger partial charge in [-0.15, -0.1) is 0 Å². The minimum absolute atomic E-state index is 0.0385. The van der Waals surface area contributed by atoms with Gasteiger partial charge in [0.1, 0.15) is 11.5 Å². The molecular weight excluding hydrogens is 359 g/mol. The second-order valence-electron chi connectivity index (χ2n) is 6.85. The van der Waals surface area contributed by atoms with Crippen molar-refractivity contribution in [3.05, 3.63) is 63.4 Å². The maximum atomic E-state index is 12.4. The van der Waals surface area contributed by atoms with E-state index >= 15 is 0 Å². The largest absolute Gasteiger partial charge is 0.346 e. The van der Waals surface area contributed by atoms with Gasteiger partial charge < -0.3 is 5.32 Å². The number of hydrogen-bond acceptors (Lipinski definition) is 3. The minimum Gasteiger partial charge on any atom is -0.346 e. The highest BCUT2D eigenvalue weighted by molar-refractivity contribution is 6.36. The molecule has 132 valence electrons. The average molecular weight is 379 g/mol. The molecule has 0 saturated heterocycles. The molecule has 0 atom stereocenters. The number of halogens is 2. The first-order chi connectivity index (χ1) is 11.7. The summed E-state index contributed by atoms with van der Waals surface area (Å²) >= 11 is 12.2. The summed E-state index contributed by atoms with van der Waals surface area (Å²) in [7, 11) is 0. The molecule has 0 spiro atoms. The van der Waals surface area contributed by atoms with Crippen LogP contribution in [0.1, 0.15) is 42.4 Å². The number of Topliss-reactive ketones (excluding diaryl/α,β-unsaturated/α-hetero) is 1. The van der Waals surface area contributed by atoms with Crippen LogP contribution in [0.25, 0.3) is 0 Å². The van der Waals surface area contributed by atoms with Gasteiger partial charge in [0.25, 0.3) is 5.91 Å². The summed E-state index contributed by atoms with van der Waals surface area (Å²) in [6, 6.07) is 8.50. The number of rotatable bonds is 5. The molecule has 1 N–H and O–H groups in total. The van der Waals surface area contributed by atoms with Crippen molar-refractivity contribution in [3.8, 4) is 0 Å². The average Bonchev–Trinajstić information content (AvgIpc) is 2.50. The normalized spacial score (nSPS) is 11.2. The second-order valence-corrected chi connectivity index (χ2v) is 7.66. The third-order valence-corrected chi connectivity index (χ3v) is 4.09. The van der Waals surface area contributed by atoms with E-state index in [-0.39, 0.29) is 35.8 Å². The molecule has 0 aliphatic carbocycles. The van der Waals surface area contributed by atoms with Crippen molar-refractivity contribution < 1.29 is 9.59 Å². The van der Waals surface area contributed by atoms with E-state index in [0.29, 0.717) is 15.6 Å². The number of carbonyl (C=O) groups is 2. The molecule has 1 amide bonds. The standard InChI is InChI=1S/C19H20Cl2N2O2/c1-19(2,3)23-18(25)17-10-12(7-8-22-17)9-13(24)11-14-15(20)5-4-6-16(14)21/h4-8,10H,9,11H2,1-3H3,(H,23,25). The van der Waals surface area contributed by atoms with E-state index in [2.05, 4.69) is 10.3 Å². The molecule has 0 radical (unpaired) electrons. The van der Waals surface area contributed by atoms with Crippen LogP contribution in [0.4, 0.5) is 0 Å². The molecule has 1 aromatic heterocycles. The number of amides is 1. The Labute approximate surface area is 157 Å². The van der Waals surface area contributed by atoms with Gasteiger partial charge in [-0.25, -0.2) is 0 Å². The van der Waals surface area contributed by atoms with Gasteiger partial charge in [-0.2, -0.15) is 0 Å². The van der Waals surface area contributed by atoms with Crippen molar-refractivity contribution in [1.82, 2.24) is 10.3 Å². The third kappa shape index (κ3) is 5.83. The highest BCUT2D eigenvalue weighted by atomic mass is 35.5. The fourth-order valence-corrected chi connectivity index (χ4v) is 2.83. The summed E-state index contributed by atoms with van der Waals surface area (Å²) in [5, 5.41) is 3.80. The molecule has 4 nitrogen and oxygen atoms in total. The molecule has 0 unspecified atom stereocenters. The van der Waals surface area contributed by atoms with Crippen LogP contribution in [0.15, 0.2) is 36.5 Å². The number of hydrogen-bond donors (Lipinski definition) is 1. The number of ketones is 1. The van der Waals surface area contributed by atoms with Crippen molar-refractivity contribution in [1.29, 1.82) is 0 Å². The van der Waals surface area contributed by atoms with Crippen molar-refractivity contribution in [3.63, 3.8) is 0 Å². The number of nitrogens with zero attached hydrogens (tertiary/aromatic N) is 1. The highest BCUT2D eigenvalue weighted by Crippen LogP contribution is 2.25. The van der Waals surface area contributed by atoms with Gasteiger partial charge in [0.15, 0.2) is 0 Å². The SMILES string of the molecule is CC(C)(C)NC(=O)c1cc(CC(=O)Cc2c(Cl)cccc2Cl)ccn1. The van der Waals surface area contributed by atoms with Gasteiger partial charge >= 0.3 is 0 Å². The maximum Gasteiger partial charge on any atom is 0.270 e. The van der Waals surface area contributed by atoms with E-state index in [1.807, 2.05) is 20.8 Å². The van der Waals surface area contributed by atoms with E-state index < -0.39 is 0 Å². The highest BCUT2D eigenvalue weighted by Gasteiger charge is 2.17. The summed E-state index contributed by atoms with van der Waals surface area (Å²) in [6.45, 7) is 5.68. The lowest BCUT2D eigenvalue weighted by Crippen LogP contribution is -2.40. The van der Waals surface area contributed by atoms with E-state index in [0.717, 1.165) is 5.56 Å². The fourth-order valence-electron chi connectivity index (χ4n) is 2.30. The lowest BCUT2D eigenvalue weighted by Gasteiger charge is -2.20. The second kappa shape index (κ2) is 7.98. The van der Waals surface area contributed by atoms with Gasteiger partial charge in [-0.3, -0.25) is 14.6 Å². The zero-order valence-corrected chi connectivity index (χ0v) is 15.9. The summed E-state index contributed by atoms with van der Waals surface area (Å²) in [5.74, 6) is -0.306. The van der Waals surface area contributed by atoms with Crippen LogP contribution in [-0.4, -0.2) is 22.2 Å². The predicted octanol–water partition coefficient (Wildman–Crippen LogP) is 4.27. The molecule has 2 rings (SSSR count). The Morgan fingerprint density at radius 1 is 1.08 bits per heavy atom. The van der Waals surface area contributed by atoms with Crippen molar-refractivity contribution >= 4 is 34.9 Å². The Kier molecular flexibility index (Phi) is 6.20. The number of nitrogens with one attached hydrogen (secondary N) is 1. The third-order valence-electron chi connectivity index (χ3n) is 3.38. The molecule has 0 aliphatic rings. The van der Waals surface area contributed by atoms with E-state index in [1.165, 1.54) is 6.20 Å². The van der Waals surface area contributed by atoms with E-state index in [4.69, 9.17) is 23.2 Å². The fraction of sp³-hybridized carbons (Fsp3) is 0.316. The van der Waals surface area contributed by atoms with Crippen LogP contribution >= 0.6 is 23.2 Å². The van der Waals surface area contributed by atoms with Crippen LogP contribution in [0.2, 0.25) is 10.0 Å². The van der Waals surface area contributed by atoms with Crippen LogP contribution < -0.4 is 5.32 Å². The zero-order valence-electron chi connectivity index (χ0n) is 14.4. The lowest BCUT2D eigenvalue weighted by molar-refractivity contribution is -0.117. The Hall–Kier alpha value is -1.91. The summed E-state index contributed by atoms with van der Waals surface area (Å²) < 4.78 is 0. The Bertz CT molecular complexity index is 778. The van der Waals surface area contributed by atoms with Gasteiger partial charge in [-0.1, -0.05) is 29.3 Å². The quantitative estimate of drug-likeness (QED) is 0.844. The van der Waals surface area contributed by atoms with Gasteiger partial charge in [0.2, 0.25) is 0 Å². The Morgan fingerprint density at radius 3 is 2.32 bits per heavy atom. The first-order valence-corrected chi connectivity index (χ1v) is 8.63. The zero-order chi connectivity index (χ0) is 18.6. The molecule has 0 fully saturated rings. The number of benzene rings is 1. The molecule has 0 saturated carbocycles. The van der Waals surface area contributed by atoms with Crippen LogP contribution in [0.3, 0.4) is 0 Å². The van der Waals surface area contributed by atoms with Crippen LogP contribution in [0.5, 0.6) is 0 Å². The first kappa shape index (κ1) is 19.4. The predicted molar refractivity (Wildman–Crippen MR) is 100 cm³/mol. The minimum atomic E-state index is -0.356. The molecule has 0 bridgehead atoms. The van der Waals surface area contributed by atoms with Crippen molar-refractivity contribution in [2.24, 2.45) is 0 Å². The first-order valence-electron chi connectivity index (χ1n) is 7.88. The molecule has 2 aromatic rings. The summed E-state index contributed by atoms with van der Waals surface area (Å²) in [4.78, 5) is 28.6. The molecule has 25 heavy (non-hydrogen) atoms. The topological polar surface area (TPSA) is 59.1 Å². The summed E-state index contributed by atoms with van der Waals surface area (Å²) in [6.07, 6.45) is 1.85. The van der Waals surface area contributed by atoms with E-state index in [9.17, 15) is 9.59 Å². The smallest absolute Gasteiger partial charge is 0.270 e. The summed E-state index contributed by atoms with van der Waals surface area (Å²) in [5.41, 5.74) is 1.28. The van der Waals surface area contributed by atoms with Gasteiger partial charge in [-0.05, 0) is 56.2 Å². The van der Waals surface area contributed by atoms with Gasteiger partial charge in [0, 0.05) is 34.6 Å². The maximum absolute atomic E-state index is 12.4. The Morgan fingerprint density at radius 2 is 1.72 bits per heavy atom. The molecule has 6 heteroatoms. The number of pyridine rings is 1. The molecule has 1 aromatic carbocycles. The van der Waals surface area contributed by atoms with E-state index in [1.54, 1.807) is 30.3 Å². The van der Waals surface area contributed by atoms with Crippen LogP contribution in [0, 0.1) is 0 Å². The van der Waals surface area contributed by atoms with Crippen LogP contribution in [-0.2, 0) is 17.6 Å². The molecular formula is C19H20Cl2N2O2. The van der Waals surface area contributed by atoms with Crippen molar-refractivity contribution in [2.75, 3.05) is 0 Å².